The maximum absolute atomic E-state index is 11.5. The third-order valence-corrected chi connectivity index (χ3v) is 5.22. The number of hydrogen-bond acceptors (Lipinski definition) is 7. The molecule has 0 saturated carbocycles. The summed E-state index contributed by atoms with van der Waals surface area (Å²) in [5.41, 5.74) is 3.68. The van der Waals surface area contributed by atoms with Crippen molar-refractivity contribution < 1.29 is 9.53 Å². The molecule has 2 heterocycles. The molecule has 1 aliphatic rings. The Labute approximate surface area is 176 Å². The summed E-state index contributed by atoms with van der Waals surface area (Å²) < 4.78 is 5.42. The minimum Gasteiger partial charge on any atom is -0.378 e. The number of nitrogens with one attached hydrogen (secondary N) is 1. The predicted molar refractivity (Wildman–Crippen MR) is 116 cm³/mol. The summed E-state index contributed by atoms with van der Waals surface area (Å²) in [6.07, 6.45) is 4.49. The van der Waals surface area contributed by atoms with Crippen LogP contribution < -0.4 is 15.8 Å². The van der Waals surface area contributed by atoms with Gasteiger partial charge < -0.3 is 15.0 Å². The number of nitriles is 1. The second-order valence-electron chi connectivity index (χ2n) is 6.96. The fourth-order valence-corrected chi connectivity index (χ4v) is 3.43. The number of aromatic nitrogens is 2. The maximum atomic E-state index is 11.5. The van der Waals surface area contributed by atoms with Gasteiger partial charge >= 0.3 is 0 Å². The highest BCUT2D eigenvalue weighted by atomic mass is 16.5. The molecule has 1 fully saturated rings. The van der Waals surface area contributed by atoms with E-state index < -0.39 is 0 Å². The van der Waals surface area contributed by atoms with Crippen molar-refractivity contribution in [3.8, 4) is 6.07 Å². The van der Waals surface area contributed by atoms with Crippen LogP contribution in [0.4, 0.5) is 5.82 Å². The standard InChI is InChI=1S/C23H25N5O2/c1-4-20-21(12-16(2)28-8-10-30-11-9-28)23(27-26-22(20)15-29)25-14-19-7-5-6-18(13-24)17(19)3/h4-7,12,15H,2,8-11,14H2,1,3H3,(H,25,27)/b20-4+,21-12+. The summed E-state index contributed by atoms with van der Waals surface area (Å²) >= 11 is 0. The minimum absolute atomic E-state index is 0.284. The number of ether oxygens (including phenoxy) is 1. The minimum atomic E-state index is 0.284. The van der Waals surface area contributed by atoms with Gasteiger partial charge in [-0.1, -0.05) is 24.8 Å². The predicted octanol–water partition coefficient (Wildman–Crippen LogP) is 1.51. The molecule has 1 N–H and O–H groups in total. The lowest BCUT2D eigenvalue weighted by Gasteiger charge is -2.29. The zero-order valence-corrected chi connectivity index (χ0v) is 17.3. The normalized spacial score (nSPS) is 15.0. The van der Waals surface area contributed by atoms with E-state index in [0.29, 0.717) is 42.6 Å². The third-order valence-electron chi connectivity index (χ3n) is 5.22. The van der Waals surface area contributed by atoms with E-state index in [1.165, 1.54) is 0 Å². The van der Waals surface area contributed by atoms with Gasteiger partial charge in [0, 0.05) is 35.8 Å². The number of allylic oxidation sites excluding steroid dienone is 1. The number of aldehydes is 1. The molecule has 7 nitrogen and oxygen atoms in total. The molecule has 154 valence electrons. The van der Waals surface area contributed by atoms with Gasteiger partial charge in [-0.3, -0.25) is 4.79 Å². The molecule has 30 heavy (non-hydrogen) atoms. The molecule has 0 aliphatic carbocycles. The van der Waals surface area contributed by atoms with Crippen LogP contribution in [-0.4, -0.2) is 47.7 Å². The zero-order valence-electron chi connectivity index (χ0n) is 17.3. The highest BCUT2D eigenvalue weighted by Gasteiger charge is 2.12. The van der Waals surface area contributed by atoms with Crippen molar-refractivity contribution in [1.82, 2.24) is 15.1 Å². The zero-order chi connectivity index (χ0) is 21.5. The van der Waals surface area contributed by atoms with Crippen LogP contribution in [0.1, 0.15) is 34.1 Å². The molecule has 0 spiro atoms. The van der Waals surface area contributed by atoms with Crippen LogP contribution in [-0.2, 0) is 11.3 Å². The van der Waals surface area contributed by atoms with Gasteiger partial charge in [-0.05, 0) is 37.1 Å². The van der Waals surface area contributed by atoms with Gasteiger partial charge in [0.25, 0.3) is 0 Å². The summed E-state index contributed by atoms with van der Waals surface area (Å²) in [6.45, 7) is 11.3. The van der Waals surface area contributed by atoms with Crippen molar-refractivity contribution in [3.63, 3.8) is 0 Å². The lowest BCUT2D eigenvalue weighted by atomic mass is 10.0. The monoisotopic (exact) mass is 403 g/mol. The van der Waals surface area contributed by atoms with Crippen molar-refractivity contribution in [2.24, 2.45) is 0 Å². The van der Waals surface area contributed by atoms with Crippen LogP contribution in [0.3, 0.4) is 0 Å². The highest BCUT2D eigenvalue weighted by molar-refractivity contribution is 5.73. The first-order valence-electron chi connectivity index (χ1n) is 9.83. The molecule has 3 rings (SSSR count). The van der Waals surface area contributed by atoms with Crippen LogP contribution in [0.2, 0.25) is 0 Å². The SMILES string of the molecule is C=C(/C=c1/c(NCc2cccc(C#N)c2C)nnc(C=O)/c1=C/C)N1CCOCC1. The van der Waals surface area contributed by atoms with E-state index in [0.717, 1.165) is 35.1 Å². The summed E-state index contributed by atoms with van der Waals surface area (Å²) in [5.74, 6) is 0.560. The second-order valence-corrected chi connectivity index (χ2v) is 6.96. The summed E-state index contributed by atoms with van der Waals surface area (Å²) in [7, 11) is 0. The molecule has 1 saturated heterocycles. The Kier molecular flexibility index (Phi) is 6.94. The highest BCUT2D eigenvalue weighted by Crippen LogP contribution is 2.14. The van der Waals surface area contributed by atoms with Gasteiger partial charge in [-0.2, -0.15) is 5.26 Å². The quantitative estimate of drug-likeness (QED) is 0.731. The van der Waals surface area contributed by atoms with Crippen molar-refractivity contribution in [2.45, 2.75) is 20.4 Å². The van der Waals surface area contributed by atoms with Gasteiger partial charge in [0.15, 0.2) is 12.1 Å². The Hall–Kier alpha value is -3.50. The number of nitrogens with zero attached hydrogens (tertiary/aromatic N) is 4. The first-order chi connectivity index (χ1) is 14.6. The first kappa shape index (κ1) is 21.2. The van der Waals surface area contributed by atoms with Crippen LogP contribution in [0, 0.1) is 18.3 Å². The average molecular weight is 403 g/mol. The van der Waals surface area contributed by atoms with Crippen molar-refractivity contribution >= 4 is 24.3 Å². The van der Waals surface area contributed by atoms with Crippen LogP contribution in [0.15, 0.2) is 30.5 Å². The van der Waals surface area contributed by atoms with Crippen molar-refractivity contribution in [3.05, 3.63) is 63.3 Å². The number of carbonyl (C=O) groups excluding carboxylic acids is 1. The lowest BCUT2D eigenvalue weighted by molar-refractivity contribution is 0.0564. The van der Waals surface area contributed by atoms with Gasteiger partial charge in [0.05, 0.1) is 24.8 Å². The van der Waals surface area contributed by atoms with E-state index in [1.807, 2.05) is 38.1 Å². The molecule has 1 aliphatic heterocycles. The molecule has 0 atom stereocenters. The van der Waals surface area contributed by atoms with Crippen LogP contribution in [0.25, 0.3) is 12.2 Å². The molecule has 2 aromatic rings. The Morgan fingerprint density at radius 1 is 1.33 bits per heavy atom. The number of anilines is 1. The Balaban J connectivity index is 2.00. The number of hydrogen-bond donors (Lipinski definition) is 1. The molecule has 0 bridgehead atoms. The maximum Gasteiger partial charge on any atom is 0.170 e. The fraction of sp³-hybridized carbons (Fsp3) is 0.304. The average Bonchev–Trinajstić information content (AvgIpc) is 2.79. The first-order valence-corrected chi connectivity index (χ1v) is 9.83. The number of rotatable bonds is 6. The Morgan fingerprint density at radius 2 is 2.10 bits per heavy atom. The Morgan fingerprint density at radius 3 is 2.77 bits per heavy atom. The molecule has 0 amide bonds. The largest absolute Gasteiger partial charge is 0.378 e. The smallest absolute Gasteiger partial charge is 0.170 e. The second kappa shape index (κ2) is 9.81. The molecule has 1 aromatic carbocycles. The van der Waals surface area contributed by atoms with E-state index in [9.17, 15) is 10.1 Å². The molecule has 7 heteroatoms. The number of benzene rings is 1. The van der Waals surface area contributed by atoms with Gasteiger partial charge in [0.1, 0.15) is 5.69 Å². The van der Waals surface area contributed by atoms with E-state index in [1.54, 1.807) is 6.07 Å². The van der Waals surface area contributed by atoms with E-state index >= 15 is 0 Å². The fourth-order valence-electron chi connectivity index (χ4n) is 3.43. The van der Waals surface area contributed by atoms with E-state index in [2.05, 4.69) is 33.1 Å². The van der Waals surface area contributed by atoms with Crippen LogP contribution in [0.5, 0.6) is 0 Å². The summed E-state index contributed by atoms with van der Waals surface area (Å²) in [6, 6.07) is 7.84. The molecule has 0 radical (unpaired) electrons. The molecular formula is C23H25N5O2. The van der Waals surface area contributed by atoms with Gasteiger partial charge in [-0.25, -0.2) is 0 Å². The Bertz CT molecular complexity index is 1110. The number of carbonyl (C=O) groups is 1. The summed E-state index contributed by atoms with van der Waals surface area (Å²) in [4.78, 5) is 13.6. The van der Waals surface area contributed by atoms with E-state index in [-0.39, 0.29) is 5.69 Å². The lowest BCUT2D eigenvalue weighted by Crippen LogP contribution is -2.38. The van der Waals surface area contributed by atoms with Gasteiger partial charge in [-0.15, -0.1) is 10.2 Å². The number of morpholine rings is 1. The third kappa shape index (κ3) is 4.56. The topological polar surface area (TPSA) is 91.1 Å². The molecule has 1 aromatic heterocycles. The van der Waals surface area contributed by atoms with Crippen LogP contribution >= 0.6 is 0 Å². The van der Waals surface area contributed by atoms with Gasteiger partial charge in [0.2, 0.25) is 0 Å². The van der Waals surface area contributed by atoms with Crippen molar-refractivity contribution in [1.29, 1.82) is 5.26 Å². The molecule has 0 unspecified atom stereocenters. The summed E-state index contributed by atoms with van der Waals surface area (Å²) in [5, 5.41) is 22.4. The van der Waals surface area contributed by atoms with Crippen molar-refractivity contribution in [2.75, 3.05) is 31.6 Å². The van der Waals surface area contributed by atoms with E-state index in [4.69, 9.17) is 4.74 Å². The molecular weight excluding hydrogens is 378 g/mol.